The van der Waals surface area contributed by atoms with Crippen molar-refractivity contribution in [2.24, 2.45) is 0 Å². The summed E-state index contributed by atoms with van der Waals surface area (Å²) in [7, 11) is 0. The van der Waals surface area contributed by atoms with E-state index in [2.05, 4.69) is 11.1 Å². The fraction of sp³-hybridized carbons (Fsp3) is 0. The van der Waals surface area contributed by atoms with Crippen LogP contribution in [0.2, 0.25) is 5.02 Å². The lowest BCUT2D eigenvalue weighted by Crippen LogP contribution is -1.93. The second-order valence-corrected chi connectivity index (χ2v) is 6.12. The number of allylic oxidation sites excluding steroid dienone is 1. The standard InChI is InChI=1S/C21H14ClNO/c22-16-9-5-14(6-10-16)7-12-21(24)15-8-11-20-18(13-15)17-3-1-2-4-19(17)23-20/h1-13,23H. The van der Waals surface area contributed by atoms with Crippen LogP contribution in [0, 0.1) is 0 Å². The number of ketones is 1. The Bertz CT molecular complexity index is 1070. The number of H-pyrrole nitrogens is 1. The normalized spacial score (nSPS) is 11.5. The van der Waals surface area contributed by atoms with Crippen molar-refractivity contribution in [3.63, 3.8) is 0 Å². The van der Waals surface area contributed by atoms with E-state index in [1.54, 1.807) is 12.2 Å². The second kappa shape index (κ2) is 5.99. The molecule has 0 saturated carbocycles. The number of aromatic amines is 1. The Morgan fingerprint density at radius 1 is 0.875 bits per heavy atom. The lowest BCUT2D eigenvalue weighted by Gasteiger charge is -1.98. The quantitative estimate of drug-likeness (QED) is 0.369. The molecule has 2 nitrogen and oxygen atoms in total. The third-order valence-electron chi connectivity index (χ3n) is 4.09. The van der Waals surface area contributed by atoms with Gasteiger partial charge < -0.3 is 4.98 Å². The summed E-state index contributed by atoms with van der Waals surface area (Å²) in [6.07, 6.45) is 3.40. The van der Waals surface area contributed by atoms with Crippen LogP contribution in [0.4, 0.5) is 0 Å². The van der Waals surface area contributed by atoms with Crippen LogP contribution < -0.4 is 0 Å². The van der Waals surface area contributed by atoms with Crippen LogP contribution in [0.25, 0.3) is 27.9 Å². The molecule has 1 N–H and O–H groups in total. The summed E-state index contributed by atoms with van der Waals surface area (Å²) in [5.74, 6) is -0.0165. The van der Waals surface area contributed by atoms with E-state index in [-0.39, 0.29) is 5.78 Å². The summed E-state index contributed by atoms with van der Waals surface area (Å²) >= 11 is 5.87. The zero-order valence-corrected chi connectivity index (χ0v) is 13.5. The third-order valence-corrected chi connectivity index (χ3v) is 4.34. The summed E-state index contributed by atoms with van der Waals surface area (Å²) in [5, 5.41) is 2.88. The van der Waals surface area contributed by atoms with Gasteiger partial charge in [0.05, 0.1) is 0 Å². The molecule has 4 aromatic rings. The average Bonchev–Trinajstić information content (AvgIpc) is 2.99. The van der Waals surface area contributed by atoms with Crippen molar-refractivity contribution in [2.75, 3.05) is 0 Å². The van der Waals surface area contributed by atoms with Crippen LogP contribution in [0.3, 0.4) is 0 Å². The number of halogens is 1. The van der Waals surface area contributed by atoms with Crippen molar-refractivity contribution in [1.82, 2.24) is 4.98 Å². The summed E-state index contributed by atoms with van der Waals surface area (Å²) in [4.78, 5) is 15.8. The Hall–Kier alpha value is -2.84. The molecule has 1 aromatic heterocycles. The molecule has 0 radical (unpaired) electrons. The Labute approximate surface area is 144 Å². The monoisotopic (exact) mass is 331 g/mol. The molecule has 3 aromatic carbocycles. The molecule has 24 heavy (non-hydrogen) atoms. The Balaban J connectivity index is 1.69. The molecule has 4 rings (SSSR count). The van der Waals surface area contributed by atoms with Crippen LogP contribution >= 0.6 is 11.6 Å². The fourth-order valence-corrected chi connectivity index (χ4v) is 2.97. The van der Waals surface area contributed by atoms with Gasteiger partial charge >= 0.3 is 0 Å². The zero-order chi connectivity index (χ0) is 16.5. The fourth-order valence-electron chi connectivity index (χ4n) is 2.84. The van der Waals surface area contributed by atoms with Gasteiger partial charge in [0, 0.05) is 32.4 Å². The van der Waals surface area contributed by atoms with E-state index in [4.69, 9.17) is 11.6 Å². The predicted octanol–water partition coefficient (Wildman–Crippen LogP) is 5.87. The van der Waals surface area contributed by atoms with Gasteiger partial charge in [0.25, 0.3) is 0 Å². The minimum Gasteiger partial charge on any atom is -0.355 e. The molecule has 0 bridgehead atoms. The number of carbonyl (C=O) groups is 1. The highest BCUT2D eigenvalue weighted by Crippen LogP contribution is 2.26. The molecule has 0 spiro atoms. The summed E-state index contributed by atoms with van der Waals surface area (Å²) in [6.45, 7) is 0. The van der Waals surface area contributed by atoms with Gasteiger partial charge in [0.15, 0.2) is 5.78 Å². The van der Waals surface area contributed by atoms with Gasteiger partial charge in [-0.05, 0) is 48.0 Å². The largest absolute Gasteiger partial charge is 0.355 e. The smallest absolute Gasteiger partial charge is 0.185 e. The van der Waals surface area contributed by atoms with Crippen molar-refractivity contribution in [1.29, 1.82) is 0 Å². The molecule has 0 unspecified atom stereocenters. The first-order chi connectivity index (χ1) is 11.7. The lowest BCUT2D eigenvalue weighted by molar-refractivity contribution is 0.104. The predicted molar refractivity (Wildman–Crippen MR) is 101 cm³/mol. The van der Waals surface area contributed by atoms with Gasteiger partial charge in [-0.1, -0.05) is 48.0 Å². The maximum Gasteiger partial charge on any atom is 0.185 e. The molecular formula is C21H14ClNO. The van der Waals surface area contributed by atoms with E-state index in [9.17, 15) is 4.79 Å². The average molecular weight is 332 g/mol. The van der Waals surface area contributed by atoms with Gasteiger partial charge in [-0.25, -0.2) is 0 Å². The van der Waals surface area contributed by atoms with E-state index in [0.717, 1.165) is 27.4 Å². The van der Waals surface area contributed by atoms with Gasteiger partial charge in [-0.2, -0.15) is 0 Å². The van der Waals surface area contributed by atoms with Crippen molar-refractivity contribution in [3.05, 3.63) is 89.0 Å². The van der Waals surface area contributed by atoms with Crippen LogP contribution in [0.1, 0.15) is 15.9 Å². The molecule has 0 aliphatic carbocycles. The van der Waals surface area contributed by atoms with Crippen LogP contribution in [0.15, 0.2) is 72.8 Å². The van der Waals surface area contributed by atoms with E-state index < -0.39 is 0 Å². The summed E-state index contributed by atoms with van der Waals surface area (Å²) in [5.41, 5.74) is 3.74. The van der Waals surface area contributed by atoms with Crippen molar-refractivity contribution in [2.45, 2.75) is 0 Å². The number of carbonyl (C=O) groups excluding carboxylic acids is 1. The number of fused-ring (bicyclic) bond motifs is 3. The van der Waals surface area contributed by atoms with Crippen molar-refractivity contribution < 1.29 is 4.79 Å². The Kier molecular flexibility index (Phi) is 3.68. The first-order valence-electron chi connectivity index (χ1n) is 7.69. The number of para-hydroxylation sites is 1. The van der Waals surface area contributed by atoms with Gasteiger partial charge in [-0.15, -0.1) is 0 Å². The SMILES string of the molecule is O=C(C=Cc1ccc(Cl)cc1)c1ccc2[nH]c3ccccc3c2c1. The van der Waals surface area contributed by atoms with E-state index >= 15 is 0 Å². The first-order valence-corrected chi connectivity index (χ1v) is 8.07. The highest BCUT2D eigenvalue weighted by atomic mass is 35.5. The highest BCUT2D eigenvalue weighted by Gasteiger charge is 2.07. The van der Waals surface area contributed by atoms with E-state index in [0.29, 0.717) is 10.6 Å². The Morgan fingerprint density at radius 2 is 1.62 bits per heavy atom. The topological polar surface area (TPSA) is 32.9 Å². The maximum atomic E-state index is 12.5. The van der Waals surface area contributed by atoms with Crippen LogP contribution in [-0.4, -0.2) is 10.8 Å². The van der Waals surface area contributed by atoms with Gasteiger partial charge in [-0.3, -0.25) is 4.79 Å². The maximum absolute atomic E-state index is 12.5. The molecular weight excluding hydrogens is 318 g/mol. The number of benzene rings is 3. The molecule has 0 atom stereocenters. The number of aromatic nitrogens is 1. The highest BCUT2D eigenvalue weighted by molar-refractivity contribution is 6.30. The summed E-state index contributed by atoms with van der Waals surface area (Å²) in [6, 6.07) is 21.2. The van der Waals surface area contributed by atoms with E-state index in [1.807, 2.05) is 60.7 Å². The molecule has 0 saturated heterocycles. The van der Waals surface area contributed by atoms with Gasteiger partial charge in [0.2, 0.25) is 0 Å². The van der Waals surface area contributed by atoms with Crippen molar-refractivity contribution in [3.8, 4) is 0 Å². The number of hydrogen-bond donors (Lipinski definition) is 1. The number of nitrogens with one attached hydrogen (secondary N) is 1. The summed E-state index contributed by atoms with van der Waals surface area (Å²) < 4.78 is 0. The van der Waals surface area contributed by atoms with Crippen molar-refractivity contribution >= 4 is 45.3 Å². The molecule has 0 aliphatic heterocycles. The molecule has 3 heteroatoms. The van der Waals surface area contributed by atoms with Crippen LogP contribution in [-0.2, 0) is 0 Å². The minimum atomic E-state index is -0.0165. The molecule has 1 heterocycles. The third kappa shape index (κ3) is 2.72. The molecule has 116 valence electrons. The molecule has 0 amide bonds. The first kappa shape index (κ1) is 14.7. The zero-order valence-electron chi connectivity index (χ0n) is 12.8. The van der Waals surface area contributed by atoms with E-state index in [1.165, 1.54) is 0 Å². The number of hydrogen-bond acceptors (Lipinski definition) is 1. The minimum absolute atomic E-state index is 0.0165. The molecule has 0 fully saturated rings. The van der Waals surface area contributed by atoms with Gasteiger partial charge in [0.1, 0.15) is 0 Å². The second-order valence-electron chi connectivity index (χ2n) is 5.68. The molecule has 0 aliphatic rings. The Morgan fingerprint density at radius 3 is 2.46 bits per heavy atom. The van der Waals surface area contributed by atoms with Crippen LogP contribution in [0.5, 0.6) is 0 Å². The number of rotatable bonds is 3. The lowest BCUT2D eigenvalue weighted by atomic mass is 10.1.